The zero-order valence-corrected chi connectivity index (χ0v) is 20.2. The van der Waals surface area contributed by atoms with Crippen molar-refractivity contribution in [2.24, 2.45) is 11.3 Å². The van der Waals surface area contributed by atoms with Crippen LogP contribution in [-0.4, -0.2) is 64.3 Å². The molecule has 0 aliphatic heterocycles. The molecule has 0 radical (unpaired) electrons. The molecule has 0 aromatic carbocycles. The van der Waals surface area contributed by atoms with Gasteiger partial charge in [-0.15, -0.1) is 0 Å². The summed E-state index contributed by atoms with van der Waals surface area (Å²) in [6.07, 6.45) is 1.24. The highest BCUT2D eigenvalue weighted by atomic mass is 16.6. The zero-order valence-electron chi connectivity index (χ0n) is 20.2. The summed E-state index contributed by atoms with van der Waals surface area (Å²) in [5, 5.41) is 5.95. The van der Waals surface area contributed by atoms with Crippen LogP contribution in [0.2, 0.25) is 0 Å². The number of carbonyl (C=O) groups is 3. The largest absolute Gasteiger partial charge is 0.460 e. The number of nitrogens with one attached hydrogen (secondary N) is 2. The van der Waals surface area contributed by atoms with Crippen molar-refractivity contribution >= 4 is 18.0 Å². The van der Waals surface area contributed by atoms with Crippen LogP contribution >= 0.6 is 0 Å². The van der Waals surface area contributed by atoms with Gasteiger partial charge in [0.1, 0.15) is 19.8 Å². The molecule has 2 N–H and O–H groups in total. The third-order valence-corrected chi connectivity index (χ3v) is 4.32. The van der Waals surface area contributed by atoms with E-state index in [1.807, 2.05) is 0 Å². The highest BCUT2D eigenvalue weighted by Crippen LogP contribution is 2.26. The molecule has 0 bridgehead atoms. The highest BCUT2D eigenvalue weighted by molar-refractivity contribution is 5.87. The van der Waals surface area contributed by atoms with Gasteiger partial charge in [-0.25, -0.2) is 14.4 Å². The molecule has 0 aromatic rings. The second-order valence-electron chi connectivity index (χ2n) is 8.64. The molecule has 0 saturated heterocycles. The first-order valence-corrected chi connectivity index (χ1v) is 10.8. The fourth-order valence-electron chi connectivity index (χ4n) is 2.83. The van der Waals surface area contributed by atoms with Gasteiger partial charge < -0.3 is 24.3 Å². The standard InChI is InChI=1S/C23H40N2O7/c1-17(2)20(26)30-11-10-29-16-24-15-23(6,7)14-19(5)8-9-25-22(28)32-13-12-31-21(27)18(3)4/h19,24H,1,3,8-16H2,2,4-7H3,(H,25,28). The van der Waals surface area contributed by atoms with Crippen LogP contribution in [0, 0.1) is 11.3 Å². The third kappa shape index (κ3) is 16.3. The molecular formula is C23H40N2O7. The maximum absolute atomic E-state index is 11.7. The van der Waals surface area contributed by atoms with Gasteiger partial charge in [-0.2, -0.15) is 0 Å². The van der Waals surface area contributed by atoms with E-state index >= 15 is 0 Å². The molecule has 0 heterocycles. The first kappa shape index (κ1) is 29.6. The number of hydrogen-bond acceptors (Lipinski definition) is 8. The summed E-state index contributed by atoms with van der Waals surface area (Å²) in [4.78, 5) is 34.1. The minimum absolute atomic E-state index is 0.0000623. The Morgan fingerprint density at radius 3 is 2.00 bits per heavy atom. The van der Waals surface area contributed by atoms with E-state index in [9.17, 15) is 14.4 Å². The first-order valence-electron chi connectivity index (χ1n) is 10.8. The van der Waals surface area contributed by atoms with Crippen LogP contribution in [0.5, 0.6) is 0 Å². The van der Waals surface area contributed by atoms with Crippen LogP contribution in [0.1, 0.15) is 47.5 Å². The van der Waals surface area contributed by atoms with Gasteiger partial charge in [0, 0.05) is 24.2 Å². The topological polar surface area (TPSA) is 112 Å². The first-order chi connectivity index (χ1) is 14.9. The smallest absolute Gasteiger partial charge is 0.407 e. The number of hydrogen-bond donors (Lipinski definition) is 2. The fraction of sp³-hybridized carbons (Fsp3) is 0.696. The number of esters is 2. The molecule has 1 atom stereocenters. The molecule has 0 saturated carbocycles. The summed E-state index contributed by atoms with van der Waals surface area (Å²) in [6.45, 7) is 18.8. The van der Waals surface area contributed by atoms with E-state index < -0.39 is 18.0 Å². The van der Waals surface area contributed by atoms with Crippen molar-refractivity contribution in [3.05, 3.63) is 24.3 Å². The van der Waals surface area contributed by atoms with E-state index in [0.29, 0.717) is 36.9 Å². The van der Waals surface area contributed by atoms with Crippen LogP contribution in [0.25, 0.3) is 0 Å². The van der Waals surface area contributed by atoms with Crippen molar-refractivity contribution in [2.75, 3.05) is 46.2 Å². The Morgan fingerprint density at radius 1 is 0.906 bits per heavy atom. The predicted molar refractivity (Wildman–Crippen MR) is 122 cm³/mol. The van der Waals surface area contributed by atoms with Crippen LogP contribution in [0.3, 0.4) is 0 Å². The molecule has 0 aliphatic rings. The molecule has 9 nitrogen and oxygen atoms in total. The van der Waals surface area contributed by atoms with Gasteiger partial charge in [0.25, 0.3) is 0 Å². The van der Waals surface area contributed by atoms with E-state index in [2.05, 4.69) is 44.6 Å². The van der Waals surface area contributed by atoms with Gasteiger partial charge in [-0.3, -0.25) is 5.32 Å². The second-order valence-corrected chi connectivity index (χ2v) is 8.64. The number of carbonyl (C=O) groups excluding carboxylic acids is 3. The van der Waals surface area contributed by atoms with Crippen LogP contribution in [0.4, 0.5) is 4.79 Å². The Morgan fingerprint density at radius 2 is 1.44 bits per heavy atom. The molecule has 0 fully saturated rings. The van der Waals surface area contributed by atoms with Gasteiger partial charge in [0.15, 0.2) is 0 Å². The molecular weight excluding hydrogens is 416 g/mol. The maximum Gasteiger partial charge on any atom is 0.407 e. The van der Waals surface area contributed by atoms with Crippen molar-refractivity contribution in [1.29, 1.82) is 0 Å². The molecule has 1 amide bonds. The van der Waals surface area contributed by atoms with Crippen molar-refractivity contribution in [3.63, 3.8) is 0 Å². The fourth-order valence-corrected chi connectivity index (χ4v) is 2.83. The second kappa shape index (κ2) is 16.3. The van der Waals surface area contributed by atoms with Gasteiger partial charge in [0.05, 0.1) is 13.3 Å². The predicted octanol–water partition coefficient (Wildman–Crippen LogP) is 2.96. The van der Waals surface area contributed by atoms with Crippen LogP contribution in [-0.2, 0) is 28.5 Å². The SMILES string of the molecule is C=C(C)C(=O)OCCOCNCC(C)(C)CC(C)CCNC(=O)OCCOC(=O)C(=C)C. The summed E-state index contributed by atoms with van der Waals surface area (Å²) in [7, 11) is 0. The number of rotatable bonds is 17. The van der Waals surface area contributed by atoms with Crippen LogP contribution in [0.15, 0.2) is 24.3 Å². The molecule has 1 unspecified atom stereocenters. The third-order valence-electron chi connectivity index (χ3n) is 4.32. The van der Waals surface area contributed by atoms with E-state index in [0.717, 1.165) is 19.4 Å². The quantitative estimate of drug-likeness (QED) is 0.113. The zero-order chi connectivity index (χ0) is 24.6. The molecule has 0 aromatic heterocycles. The van der Waals surface area contributed by atoms with Crippen molar-refractivity contribution < 1.29 is 33.3 Å². The molecule has 0 aliphatic carbocycles. The van der Waals surface area contributed by atoms with E-state index in [4.69, 9.17) is 18.9 Å². The summed E-state index contributed by atoms with van der Waals surface area (Å²) in [6, 6.07) is 0. The minimum atomic E-state index is -0.532. The number of amides is 1. The number of alkyl carbamates (subject to hydrolysis) is 1. The lowest BCUT2D eigenvalue weighted by molar-refractivity contribution is -0.141. The van der Waals surface area contributed by atoms with Gasteiger partial charge in [0.2, 0.25) is 0 Å². The average molecular weight is 457 g/mol. The normalized spacial score (nSPS) is 11.9. The molecule has 0 spiro atoms. The average Bonchev–Trinajstić information content (AvgIpc) is 2.69. The Hall–Kier alpha value is -2.39. The van der Waals surface area contributed by atoms with Crippen molar-refractivity contribution in [2.45, 2.75) is 47.5 Å². The summed E-state index contributed by atoms with van der Waals surface area (Å²) in [5.74, 6) is -0.523. The molecule has 9 heteroatoms. The molecule has 32 heavy (non-hydrogen) atoms. The van der Waals surface area contributed by atoms with E-state index in [-0.39, 0.29) is 25.2 Å². The lowest BCUT2D eigenvalue weighted by Crippen LogP contribution is -2.33. The van der Waals surface area contributed by atoms with Crippen molar-refractivity contribution in [3.8, 4) is 0 Å². The van der Waals surface area contributed by atoms with E-state index in [1.165, 1.54) is 0 Å². The molecule has 184 valence electrons. The lowest BCUT2D eigenvalue weighted by Gasteiger charge is -2.28. The van der Waals surface area contributed by atoms with Gasteiger partial charge in [-0.1, -0.05) is 33.9 Å². The van der Waals surface area contributed by atoms with Crippen molar-refractivity contribution in [1.82, 2.24) is 10.6 Å². The summed E-state index contributed by atoms with van der Waals surface area (Å²) < 4.78 is 20.2. The minimum Gasteiger partial charge on any atom is -0.460 e. The number of ether oxygens (including phenoxy) is 4. The van der Waals surface area contributed by atoms with E-state index in [1.54, 1.807) is 13.8 Å². The van der Waals surface area contributed by atoms with Gasteiger partial charge in [-0.05, 0) is 38.0 Å². The lowest BCUT2D eigenvalue weighted by atomic mass is 9.82. The monoisotopic (exact) mass is 456 g/mol. The van der Waals surface area contributed by atoms with Gasteiger partial charge >= 0.3 is 18.0 Å². The Labute approximate surface area is 191 Å². The molecule has 0 rings (SSSR count). The highest BCUT2D eigenvalue weighted by Gasteiger charge is 2.21. The summed E-state index contributed by atoms with van der Waals surface area (Å²) in [5.41, 5.74) is 0.714. The Balaban J connectivity index is 3.81. The maximum atomic E-state index is 11.7. The van der Waals surface area contributed by atoms with Crippen LogP contribution < -0.4 is 10.6 Å². The Bertz CT molecular complexity index is 632. The Kier molecular flexibility index (Phi) is 15.1. The summed E-state index contributed by atoms with van der Waals surface area (Å²) >= 11 is 0.